The molecule has 0 amide bonds. The van der Waals surface area contributed by atoms with Crippen molar-refractivity contribution in [1.82, 2.24) is 0 Å². The summed E-state index contributed by atoms with van der Waals surface area (Å²) >= 11 is 0. The second-order valence-electron chi connectivity index (χ2n) is 14.5. The predicted molar refractivity (Wildman–Crippen MR) is 155 cm³/mol. The van der Waals surface area contributed by atoms with Crippen molar-refractivity contribution >= 4 is 11.5 Å². The van der Waals surface area contributed by atoms with E-state index in [2.05, 4.69) is 68.7 Å². The summed E-state index contributed by atoms with van der Waals surface area (Å²) in [5.41, 5.74) is 2.93. The minimum atomic E-state index is -0.933. The van der Waals surface area contributed by atoms with Gasteiger partial charge in [-0.3, -0.25) is 4.79 Å². The number of hydrogen-bond donors (Lipinski definition) is 1. The summed E-state index contributed by atoms with van der Waals surface area (Å²) in [6, 6.07) is 9.50. The minimum absolute atomic E-state index is 0.122. The SMILES string of the molecule is CC(C)(C)C#C[C@]1(O)CC[C@H]2[C@H]3CCCC4=CC(=O)CC[C@@H]4[C@H]3[C@@H](c3ccc(N4CCCC4)cc3)C[C@@]21C. The molecule has 4 aliphatic carbocycles. The van der Waals surface area contributed by atoms with Crippen LogP contribution in [0.2, 0.25) is 0 Å². The van der Waals surface area contributed by atoms with Crippen LogP contribution < -0.4 is 4.90 Å². The Kier molecular flexibility index (Phi) is 6.58. The summed E-state index contributed by atoms with van der Waals surface area (Å²) < 4.78 is 0. The third-order valence-electron chi connectivity index (χ3n) is 11.1. The van der Waals surface area contributed by atoms with Gasteiger partial charge < -0.3 is 10.0 Å². The molecule has 1 aromatic rings. The quantitative estimate of drug-likeness (QED) is 0.422. The lowest BCUT2D eigenvalue weighted by atomic mass is 9.49. The van der Waals surface area contributed by atoms with E-state index in [4.69, 9.17) is 0 Å². The van der Waals surface area contributed by atoms with Crippen LogP contribution in [0.5, 0.6) is 0 Å². The zero-order valence-electron chi connectivity index (χ0n) is 24.1. The Balaban J connectivity index is 1.42. The van der Waals surface area contributed by atoms with E-state index in [1.807, 2.05) is 6.08 Å². The van der Waals surface area contributed by atoms with Crippen LogP contribution in [0.25, 0.3) is 0 Å². The maximum absolute atomic E-state index is 12.4. The first-order chi connectivity index (χ1) is 18.1. The van der Waals surface area contributed by atoms with Crippen molar-refractivity contribution in [3.63, 3.8) is 0 Å². The van der Waals surface area contributed by atoms with Crippen LogP contribution in [-0.4, -0.2) is 29.6 Å². The highest BCUT2D eigenvalue weighted by Gasteiger charge is 2.64. The van der Waals surface area contributed by atoms with E-state index in [-0.39, 0.29) is 10.8 Å². The molecule has 0 radical (unpaired) electrons. The molecule has 4 fully saturated rings. The molecule has 0 spiro atoms. The summed E-state index contributed by atoms with van der Waals surface area (Å²) in [4.78, 5) is 15.0. The van der Waals surface area contributed by atoms with Crippen molar-refractivity contribution in [1.29, 1.82) is 0 Å². The molecule has 0 bridgehead atoms. The normalized spacial score (nSPS) is 38.9. The number of carbonyl (C=O) groups excluding carboxylic acids is 1. The van der Waals surface area contributed by atoms with Crippen LogP contribution in [0.3, 0.4) is 0 Å². The highest BCUT2D eigenvalue weighted by Crippen LogP contribution is 2.67. The van der Waals surface area contributed by atoms with Crippen LogP contribution in [0.4, 0.5) is 5.69 Å². The lowest BCUT2D eigenvalue weighted by molar-refractivity contribution is -0.116. The summed E-state index contributed by atoms with van der Waals surface area (Å²) in [7, 11) is 0. The van der Waals surface area contributed by atoms with Crippen LogP contribution >= 0.6 is 0 Å². The Morgan fingerprint density at radius 2 is 1.71 bits per heavy atom. The molecular formula is C35H47NO2. The zero-order valence-corrected chi connectivity index (χ0v) is 24.1. The molecule has 0 aromatic heterocycles. The van der Waals surface area contributed by atoms with E-state index >= 15 is 0 Å². The summed E-state index contributed by atoms with van der Waals surface area (Å²) in [5, 5.41) is 12.3. The second-order valence-corrected chi connectivity index (χ2v) is 14.5. The van der Waals surface area contributed by atoms with Gasteiger partial charge in [-0.25, -0.2) is 0 Å². The number of benzene rings is 1. The first-order valence-corrected chi connectivity index (χ1v) is 15.4. The second kappa shape index (κ2) is 9.55. The van der Waals surface area contributed by atoms with Gasteiger partial charge in [-0.2, -0.15) is 0 Å². The summed E-state index contributed by atoms with van der Waals surface area (Å²) in [6.07, 6.45) is 12.6. The van der Waals surface area contributed by atoms with Gasteiger partial charge in [-0.15, -0.1) is 0 Å². The van der Waals surface area contributed by atoms with Gasteiger partial charge in [0.1, 0.15) is 5.60 Å². The molecule has 6 rings (SSSR count). The van der Waals surface area contributed by atoms with Crippen molar-refractivity contribution in [2.24, 2.45) is 34.5 Å². The highest BCUT2D eigenvalue weighted by molar-refractivity contribution is 5.91. The molecule has 3 nitrogen and oxygen atoms in total. The van der Waals surface area contributed by atoms with E-state index in [0.29, 0.717) is 41.8 Å². The average molecular weight is 514 g/mol. The smallest absolute Gasteiger partial charge is 0.155 e. The number of hydrogen-bond acceptors (Lipinski definition) is 3. The van der Waals surface area contributed by atoms with Crippen molar-refractivity contribution in [3.8, 4) is 11.8 Å². The standard InChI is InChI=1S/C35H47NO2/c1-33(2,3)18-19-35(38)17-16-31-29-9-7-8-25-22-27(37)14-15-28(25)32(29)30(23-34(31,35)4)24-10-12-26(13-11-24)36-20-5-6-21-36/h10-13,22,28-32,38H,5-9,14-17,20-21,23H2,1-4H3/t28-,29+,30+,31-,32+,34-,35+/m0/s1. The molecule has 5 aliphatic rings. The van der Waals surface area contributed by atoms with Crippen LogP contribution in [-0.2, 0) is 4.79 Å². The summed E-state index contributed by atoms with van der Waals surface area (Å²) in [5.74, 6) is 9.74. The van der Waals surface area contributed by atoms with Crippen LogP contribution in [0, 0.1) is 46.3 Å². The fraction of sp³-hybridized carbons (Fsp3) is 0.686. The number of rotatable bonds is 2. The number of ketones is 1. The topological polar surface area (TPSA) is 40.5 Å². The Morgan fingerprint density at radius 1 is 0.974 bits per heavy atom. The molecule has 1 aliphatic heterocycles. The number of fused-ring (bicyclic) bond motifs is 5. The van der Waals surface area contributed by atoms with Gasteiger partial charge in [-0.1, -0.05) is 36.5 Å². The van der Waals surface area contributed by atoms with E-state index in [0.717, 1.165) is 51.6 Å². The molecule has 204 valence electrons. The number of aliphatic hydroxyl groups is 1. The minimum Gasteiger partial charge on any atom is -0.377 e. The lowest BCUT2D eigenvalue weighted by Crippen LogP contribution is -2.53. The van der Waals surface area contributed by atoms with E-state index in [1.165, 1.54) is 36.1 Å². The van der Waals surface area contributed by atoms with Crippen molar-refractivity contribution < 1.29 is 9.90 Å². The Morgan fingerprint density at radius 3 is 2.42 bits per heavy atom. The van der Waals surface area contributed by atoms with Gasteiger partial charge in [0, 0.05) is 36.0 Å². The van der Waals surface area contributed by atoms with E-state index < -0.39 is 5.60 Å². The first kappa shape index (κ1) is 26.2. The third kappa shape index (κ3) is 4.46. The van der Waals surface area contributed by atoms with E-state index in [1.54, 1.807) is 0 Å². The Hall–Kier alpha value is -2.05. The van der Waals surface area contributed by atoms with Crippen LogP contribution in [0.1, 0.15) is 103 Å². The molecule has 1 heterocycles. The van der Waals surface area contributed by atoms with Gasteiger partial charge in [-0.05, 0) is 132 Å². The Bertz CT molecular complexity index is 1160. The molecule has 1 aromatic carbocycles. The third-order valence-corrected chi connectivity index (χ3v) is 11.1. The van der Waals surface area contributed by atoms with Gasteiger partial charge in [0.25, 0.3) is 0 Å². The van der Waals surface area contributed by atoms with E-state index in [9.17, 15) is 9.90 Å². The maximum atomic E-state index is 12.4. The summed E-state index contributed by atoms with van der Waals surface area (Å²) in [6.45, 7) is 11.1. The zero-order chi connectivity index (χ0) is 26.7. The van der Waals surface area contributed by atoms with Crippen molar-refractivity contribution in [3.05, 3.63) is 41.5 Å². The largest absolute Gasteiger partial charge is 0.377 e. The molecule has 7 atom stereocenters. The predicted octanol–water partition coefficient (Wildman–Crippen LogP) is 7.29. The number of nitrogens with zero attached hydrogens (tertiary/aromatic N) is 1. The maximum Gasteiger partial charge on any atom is 0.155 e. The molecule has 3 heteroatoms. The van der Waals surface area contributed by atoms with Gasteiger partial charge in [0.05, 0.1) is 0 Å². The molecule has 3 saturated carbocycles. The van der Waals surface area contributed by atoms with Crippen molar-refractivity contribution in [2.45, 2.75) is 103 Å². The molecule has 0 unspecified atom stereocenters. The fourth-order valence-corrected chi connectivity index (χ4v) is 9.27. The van der Waals surface area contributed by atoms with Crippen molar-refractivity contribution in [2.75, 3.05) is 18.0 Å². The molecule has 1 saturated heterocycles. The van der Waals surface area contributed by atoms with Gasteiger partial charge in [0.15, 0.2) is 5.78 Å². The number of carbonyl (C=O) groups is 1. The molecule has 38 heavy (non-hydrogen) atoms. The Labute approximate surface area is 230 Å². The average Bonchev–Trinajstić information content (AvgIpc) is 3.45. The van der Waals surface area contributed by atoms with Gasteiger partial charge in [0.2, 0.25) is 0 Å². The monoisotopic (exact) mass is 513 g/mol. The van der Waals surface area contributed by atoms with Gasteiger partial charge >= 0.3 is 0 Å². The van der Waals surface area contributed by atoms with Crippen LogP contribution in [0.15, 0.2) is 35.9 Å². The molecule has 1 N–H and O–H groups in total. The number of allylic oxidation sites excluding steroid dienone is 2. The fourth-order valence-electron chi connectivity index (χ4n) is 9.27. The first-order valence-electron chi connectivity index (χ1n) is 15.4. The number of anilines is 1. The lowest BCUT2D eigenvalue weighted by Gasteiger charge is -2.55. The molecular weight excluding hydrogens is 466 g/mol. The highest BCUT2D eigenvalue weighted by atomic mass is 16.3.